The highest BCUT2D eigenvalue weighted by molar-refractivity contribution is 7.77. The maximum absolute atomic E-state index is 14.2. The number of thiol groups is 1. The average Bonchev–Trinajstić information content (AvgIpc) is 3.02. The van der Waals surface area contributed by atoms with Crippen LogP contribution in [0.25, 0.3) is 0 Å². The number of fused-ring (bicyclic) bond motifs is 1. The second-order valence-corrected chi connectivity index (χ2v) is 12.3. The first-order valence-electron chi connectivity index (χ1n) is 14.5. The minimum Gasteiger partial charge on any atom is -0.378 e. The number of nitrogens with zero attached hydrogens (tertiary/aromatic N) is 2. The number of rotatable bonds is 8. The highest BCUT2D eigenvalue weighted by Crippen LogP contribution is 2.47. The van der Waals surface area contributed by atoms with E-state index in [1.165, 1.54) is 9.21 Å². The van der Waals surface area contributed by atoms with Gasteiger partial charge in [-0.3, -0.25) is 19.2 Å². The van der Waals surface area contributed by atoms with Crippen LogP contribution in [0.2, 0.25) is 5.02 Å². The van der Waals surface area contributed by atoms with Crippen LogP contribution >= 0.6 is 24.4 Å². The van der Waals surface area contributed by atoms with E-state index in [-0.39, 0.29) is 31.0 Å². The SMILES string of the molecule is Cc1cc(NC(=O)C2c3ccccc3C(C3CCN(S)C(O)C3)N(C(=O)CCC(=O)c3ccccc3)C2C(N)=O)ccc1Cl. The summed E-state index contributed by atoms with van der Waals surface area (Å²) in [4.78, 5) is 55.9. The Labute approximate surface area is 266 Å². The van der Waals surface area contributed by atoms with Crippen LogP contribution in [0.4, 0.5) is 5.69 Å². The Morgan fingerprint density at radius 3 is 2.34 bits per heavy atom. The van der Waals surface area contributed by atoms with Crippen molar-refractivity contribution in [2.45, 2.75) is 56.8 Å². The summed E-state index contributed by atoms with van der Waals surface area (Å²) in [6, 6.07) is 18.9. The number of carbonyl (C=O) groups excluding carboxylic acids is 4. The molecule has 0 bridgehead atoms. The number of nitrogens with two attached hydrogens (primary N) is 1. The Kier molecular flexibility index (Phi) is 9.75. The van der Waals surface area contributed by atoms with Gasteiger partial charge in [-0.15, -0.1) is 0 Å². The molecule has 0 aliphatic carbocycles. The van der Waals surface area contributed by atoms with Gasteiger partial charge in [0, 0.05) is 35.7 Å². The summed E-state index contributed by atoms with van der Waals surface area (Å²) in [7, 11) is 0. The molecule has 4 N–H and O–H groups in total. The van der Waals surface area contributed by atoms with E-state index in [4.69, 9.17) is 17.3 Å². The molecular formula is C33H35ClN4O5S. The summed E-state index contributed by atoms with van der Waals surface area (Å²) in [5.41, 5.74) is 9.04. The molecule has 0 spiro atoms. The zero-order valence-electron chi connectivity index (χ0n) is 24.2. The Balaban J connectivity index is 1.56. The number of primary amides is 1. The van der Waals surface area contributed by atoms with Crippen LogP contribution in [0, 0.1) is 12.8 Å². The van der Waals surface area contributed by atoms with Gasteiger partial charge in [0.1, 0.15) is 12.3 Å². The molecule has 44 heavy (non-hydrogen) atoms. The molecule has 0 aromatic heterocycles. The Morgan fingerprint density at radius 2 is 1.68 bits per heavy atom. The van der Waals surface area contributed by atoms with Crippen molar-refractivity contribution in [2.75, 3.05) is 11.9 Å². The van der Waals surface area contributed by atoms with Crippen LogP contribution in [-0.2, 0) is 14.4 Å². The Bertz CT molecular complexity index is 1570. The zero-order valence-corrected chi connectivity index (χ0v) is 25.9. The van der Waals surface area contributed by atoms with Crippen LogP contribution in [-0.4, -0.2) is 56.6 Å². The molecule has 5 rings (SSSR count). The first kappa shape index (κ1) is 31.7. The van der Waals surface area contributed by atoms with E-state index in [0.29, 0.717) is 40.4 Å². The predicted molar refractivity (Wildman–Crippen MR) is 171 cm³/mol. The molecule has 5 unspecified atom stereocenters. The number of hydrogen-bond donors (Lipinski definition) is 4. The van der Waals surface area contributed by atoms with Gasteiger partial charge in [-0.05, 0) is 60.6 Å². The topological polar surface area (TPSA) is 133 Å². The largest absolute Gasteiger partial charge is 0.378 e. The van der Waals surface area contributed by atoms with E-state index in [0.717, 1.165) is 5.56 Å². The summed E-state index contributed by atoms with van der Waals surface area (Å²) in [6.07, 6.45) is -0.297. The Morgan fingerprint density at radius 1 is 1.00 bits per heavy atom. The summed E-state index contributed by atoms with van der Waals surface area (Å²) in [6.45, 7) is 2.26. The number of aliphatic hydroxyl groups is 1. The van der Waals surface area contributed by atoms with E-state index < -0.39 is 42.0 Å². The number of aryl methyl sites for hydroxylation is 1. The van der Waals surface area contributed by atoms with Gasteiger partial charge in [-0.1, -0.05) is 79.0 Å². The molecule has 2 heterocycles. The number of benzene rings is 3. The number of hydrogen-bond acceptors (Lipinski definition) is 7. The van der Waals surface area contributed by atoms with Gasteiger partial charge in [0.15, 0.2) is 5.78 Å². The van der Waals surface area contributed by atoms with Gasteiger partial charge in [-0.2, -0.15) is 0 Å². The third kappa shape index (κ3) is 6.53. The van der Waals surface area contributed by atoms with Crippen molar-refractivity contribution in [3.8, 4) is 0 Å². The van der Waals surface area contributed by atoms with Gasteiger partial charge < -0.3 is 21.1 Å². The van der Waals surface area contributed by atoms with Crippen molar-refractivity contribution in [3.05, 3.63) is 100 Å². The maximum Gasteiger partial charge on any atom is 0.241 e. The van der Waals surface area contributed by atoms with Crippen molar-refractivity contribution in [2.24, 2.45) is 11.7 Å². The normalized spacial score (nSPS) is 23.5. The monoisotopic (exact) mass is 634 g/mol. The second-order valence-electron chi connectivity index (χ2n) is 11.4. The molecule has 3 aromatic rings. The highest BCUT2D eigenvalue weighted by atomic mass is 35.5. The highest BCUT2D eigenvalue weighted by Gasteiger charge is 2.51. The maximum atomic E-state index is 14.2. The number of anilines is 1. The number of piperidine rings is 1. The van der Waals surface area contributed by atoms with E-state index >= 15 is 0 Å². The first-order chi connectivity index (χ1) is 21.1. The fraction of sp³-hybridized carbons (Fsp3) is 0.333. The van der Waals surface area contributed by atoms with Crippen LogP contribution in [0.3, 0.4) is 0 Å². The van der Waals surface area contributed by atoms with Crippen LogP contribution in [0.15, 0.2) is 72.8 Å². The number of Topliss-reactive ketones (excluding diaryl/α,β-unsaturated/α-hetero) is 1. The van der Waals surface area contributed by atoms with E-state index in [1.54, 1.807) is 60.7 Å². The molecule has 3 amide bonds. The quantitative estimate of drug-likeness (QED) is 0.211. The van der Waals surface area contributed by atoms with Crippen LogP contribution in [0.5, 0.6) is 0 Å². The second kappa shape index (κ2) is 13.5. The molecule has 0 radical (unpaired) electrons. The molecule has 230 valence electrons. The lowest BCUT2D eigenvalue weighted by atomic mass is 9.73. The number of nitrogens with one attached hydrogen (secondary N) is 1. The van der Waals surface area contributed by atoms with Crippen molar-refractivity contribution in [3.63, 3.8) is 0 Å². The molecule has 9 nitrogen and oxygen atoms in total. The minimum atomic E-state index is -1.34. The predicted octanol–water partition coefficient (Wildman–Crippen LogP) is 4.65. The summed E-state index contributed by atoms with van der Waals surface area (Å²) < 4.78 is 1.53. The smallest absolute Gasteiger partial charge is 0.241 e. The minimum absolute atomic E-state index is 0.0855. The summed E-state index contributed by atoms with van der Waals surface area (Å²) >= 11 is 10.5. The number of amides is 3. The van der Waals surface area contributed by atoms with Crippen LogP contribution < -0.4 is 11.1 Å². The molecular weight excluding hydrogens is 600 g/mol. The van der Waals surface area contributed by atoms with E-state index in [2.05, 4.69) is 18.1 Å². The third-order valence-electron chi connectivity index (χ3n) is 8.55. The molecule has 0 saturated carbocycles. The molecule has 1 saturated heterocycles. The first-order valence-corrected chi connectivity index (χ1v) is 15.3. The van der Waals surface area contributed by atoms with Crippen molar-refractivity contribution < 1.29 is 24.3 Å². The lowest BCUT2D eigenvalue weighted by Crippen LogP contribution is -2.59. The average molecular weight is 635 g/mol. The third-order valence-corrected chi connectivity index (χ3v) is 9.44. The molecule has 1 fully saturated rings. The molecule has 5 atom stereocenters. The van der Waals surface area contributed by atoms with E-state index in [9.17, 15) is 24.3 Å². The number of ketones is 1. The lowest BCUT2D eigenvalue weighted by Gasteiger charge is -2.50. The Hall–Kier alpha value is -3.70. The standard InChI is InChI=1S/C33H35ClN4O5S/c1-19-17-22(11-12-25(19)34)36-33(43)29-23-9-5-6-10-24(23)30(21-15-16-37(44)28(41)18-21)38(31(29)32(35)42)27(40)14-13-26(39)20-7-3-2-4-8-20/h2-12,17,21,28-31,41,44H,13-16,18H2,1H3,(H2,35,42)(H,36,43). The molecule has 3 aromatic carbocycles. The zero-order chi connectivity index (χ0) is 31.5. The number of carbonyl (C=O) groups is 4. The van der Waals surface area contributed by atoms with Crippen molar-refractivity contribution >= 4 is 53.6 Å². The molecule has 2 aliphatic rings. The van der Waals surface area contributed by atoms with Gasteiger partial charge in [0.05, 0.1) is 12.0 Å². The van der Waals surface area contributed by atoms with Crippen LogP contribution in [0.1, 0.15) is 64.7 Å². The summed E-state index contributed by atoms with van der Waals surface area (Å²) in [5, 5.41) is 14.1. The number of halogens is 1. The number of aliphatic hydroxyl groups excluding tert-OH is 1. The lowest BCUT2D eigenvalue weighted by molar-refractivity contribution is -0.149. The summed E-state index contributed by atoms with van der Waals surface area (Å²) in [5.74, 6) is -3.43. The molecule has 11 heteroatoms. The van der Waals surface area contributed by atoms with Gasteiger partial charge in [-0.25, -0.2) is 4.31 Å². The van der Waals surface area contributed by atoms with Gasteiger partial charge in [0.25, 0.3) is 0 Å². The molecule has 2 aliphatic heterocycles. The van der Waals surface area contributed by atoms with Gasteiger partial charge in [0.2, 0.25) is 17.7 Å². The van der Waals surface area contributed by atoms with Crippen molar-refractivity contribution in [1.82, 2.24) is 9.21 Å². The van der Waals surface area contributed by atoms with Crippen molar-refractivity contribution in [1.29, 1.82) is 0 Å². The van der Waals surface area contributed by atoms with E-state index in [1.807, 2.05) is 19.1 Å². The fourth-order valence-corrected chi connectivity index (χ4v) is 6.73. The van der Waals surface area contributed by atoms with Gasteiger partial charge >= 0.3 is 0 Å². The fourth-order valence-electron chi connectivity index (χ4n) is 6.40.